The van der Waals surface area contributed by atoms with Gasteiger partial charge in [-0.15, -0.1) is 5.10 Å². The molecule has 0 fully saturated rings. The van der Waals surface area contributed by atoms with Crippen LogP contribution < -0.4 is 16.1 Å². The van der Waals surface area contributed by atoms with Crippen LogP contribution in [0.15, 0.2) is 64.3 Å². The van der Waals surface area contributed by atoms with Crippen molar-refractivity contribution in [1.29, 1.82) is 0 Å². The van der Waals surface area contributed by atoms with Crippen LogP contribution in [-0.2, 0) is 24.5 Å². The molecule has 0 aliphatic carbocycles. The third-order valence-electron chi connectivity index (χ3n) is 5.19. The molecule has 0 saturated heterocycles. The van der Waals surface area contributed by atoms with E-state index in [1.54, 1.807) is 22.9 Å². The fraction of sp³-hybridized carbons (Fsp3) is 0.261. The molecule has 0 bridgehead atoms. The van der Waals surface area contributed by atoms with E-state index < -0.39 is 0 Å². The zero-order valence-electron chi connectivity index (χ0n) is 17.8. The lowest BCUT2D eigenvalue weighted by Gasteiger charge is -2.15. The largest absolute Gasteiger partial charge is 0.376 e. The molecule has 31 heavy (non-hydrogen) atoms. The van der Waals surface area contributed by atoms with Gasteiger partial charge in [0, 0.05) is 37.6 Å². The van der Waals surface area contributed by atoms with Gasteiger partial charge in [-0.1, -0.05) is 30.3 Å². The fourth-order valence-corrected chi connectivity index (χ4v) is 3.60. The van der Waals surface area contributed by atoms with Crippen LogP contribution in [0.1, 0.15) is 18.3 Å². The molecule has 4 aromatic rings. The topological polar surface area (TPSA) is 85.2 Å². The number of fused-ring (bicyclic) bond motifs is 1. The Morgan fingerprint density at radius 1 is 1.03 bits per heavy atom. The second kappa shape index (κ2) is 8.61. The van der Waals surface area contributed by atoms with Crippen LogP contribution in [0.2, 0.25) is 0 Å². The number of aromatic amines is 1. The Hall–Kier alpha value is -3.65. The molecule has 0 spiro atoms. The van der Waals surface area contributed by atoms with Crippen LogP contribution in [0.3, 0.4) is 0 Å². The maximum atomic E-state index is 13.0. The molecule has 2 aromatic heterocycles. The molecule has 8 nitrogen and oxygen atoms in total. The van der Waals surface area contributed by atoms with Gasteiger partial charge in [0.25, 0.3) is 5.56 Å². The van der Waals surface area contributed by atoms with Gasteiger partial charge in [-0.25, -0.2) is 4.79 Å². The minimum absolute atomic E-state index is 0.173. The zero-order valence-corrected chi connectivity index (χ0v) is 17.8. The van der Waals surface area contributed by atoms with Gasteiger partial charge in [0.2, 0.25) is 0 Å². The number of benzene rings is 2. The highest BCUT2D eigenvalue weighted by Gasteiger charge is 2.15. The number of anilines is 1. The van der Waals surface area contributed by atoms with Gasteiger partial charge in [0.1, 0.15) is 6.61 Å². The average molecular weight is 419 g/mol. The number of H-pyrrole nitrogens is 1. The molecule has 0 unspecified atom stereocenters. The third kappa shape index (κ3) is 4.02. The molecular formula is C23H25N5O3. The van der Waals surface area contributed by atoms with E-state index in [4.69, 9.17) is 4.74 Å². The molecule has 0 radical (unpaired) electrons. The van der Waals surface area contributed by atoms with E-state index in [1.165, 1.54) is 4.68 Å². The monoisotopic (exact) mass is 419 g/mol. The van der Waals surface area contributed by atoms with E-state index in [9.17, 15) is 9.59 Å². The lowest BCUT2D eigenvalue weighted by molar-refractivity contribution is 0.0989. The van der Waals surface area contributed by atoms with Gasteiger partial charge in [0.15, 0.2) is 5.82 Å². The summed E-state index contributed by atoms with van der Waals surface area (Å²) in [5, 5.41) is 5.84. The first-order valence-electron chi connectivity index (χ1n) is 10.1. The van der Waals surface area contributed by atoms with E-state index in [0.29, 0.717) is 30.0 Å². The Balaban J connectivity index is 1.69. The van der Waals surface area contributed by atoms with Crippen molar-refractivity contribution in [1.82, 2.24) is 19.3 Å². The molecule has 4 rings (SSSR count). The molecule has 0 aliphatic heterocycles. The van der Waals surface area contributed by atoms with Crippen LogP contribution in [0.5, 0.6) is 0 Å². The summed E-state index contributed by atoms with van der Waals surface area (Å²) in [6.07, 6.45) is 1.67. The first-order valence-corrected chi connectivity index (χ1v) is 10.1. The standard InChI is InChI=1S/C23H25N5O3/c1-4-27-21(15-31-14-16-8-6-5-7-9-16)25-28(23(27)30)17-10-11-18-19(12-17)20(26(2)3)13-24-22(18)29/h5-13H,4,14-15H2,1-3H3,(H,24,29). The van der Waals surface area contributed by atoms with Crippen LogP contribution in [0, 0.1) is 0 Å². The van der Waals surface area contributed by atoms with E-state index in [2.05, 4.69) is 10.1 Å². The maximum Gasteiger partial charge on any atom is 0.350 e. The summed E-state index contributed by atoms with van der Waals surface area (Å²) in [5.74, 6) is 0.558. The number of pyridine rings is 1. The minimum atomic E-state index is -0.239. The quantitative estimate of drug-likeness (QED) is 0.498. The molecule has 1 N–H and O–H groups in total. The second-order valence-electron chi connectivity index (χ2n) is 7.46. The normalized spacial score (nSPS) is 11.2. The van der Waals surface area contributed by atoms with Crippen molar-refractivity contribution in [3.63, 3.8) is 0 Å². The van der Waals surface area contributed by atoms with E-state index in [0.717, 1.165) is 16.6 Å². The number of nitrogens with one attached hydrogen (secondary N) is 1. The summed E-state index contributed by atoms with van der Waals surface area (Å²) in [5.41, 5.74) is 2.10. The van der Waals surface area contributed by atoms with Gasteiger partial charge in [0.05, 0.1) is 18.0 Å². The first kappa shape index (κ1) is 20.6. The summed E-state index contributed by atoms with van der Waals surface area (Å²) >= 11 is 0. The fourth-order valence-electron chi connectivity index (χ4n) is 3.60. The number of hydrogen-bond acceptors (Lipinski definition) is 5. The Kier molecular flexibility index (Phi) is 5.73. The predicted molar refractivity (Wildman–Crippen MR) is 121 cm³/mol. The Bertz CT molecular complexity index is 1320. The smallest absolute Gasteiger partial charge is 0.350 e. The second-order valence-corrected chi connectivity index (χ2v) is 7.46. The van der Waals surface area contributed by atoms with Crippen molar-refractivity contribution in [2.24, 2.45) is 0 Å². The molecule has 8 heteroatoms. The molecule has 0 amide bonds. The molecule has 0 aliphatic rings. The van der Waals surface area contributed by atoms with Gasteiger partial charge >= 0.3 is 5.69 Å². The summed E-state index contributed by atoms with van der Waals surface area (Å²) in [6, 6.07) is 15.1. The highest BCUT2D eigenvalue weighted by molar-refractivity contribution is 5.94. The number of rotatable bonds is 7. The van der Waals surface area contributed by atoms with E-state index >= 15 is 0 Å². The van der Waals surface area contributed by atoms with E-state index in [1.807, 2.05) is 62.3 Å². The Labute approximate surface area is 179 Å². The van der Waals surface area contributed by atoms with Crippen molar-refractivity contribution in [2.75, 3.05) is 19.0 Å². The lowest BCUT2D eigenvalue weighted by atomic mass is 10.1. The Morgan fingerprint density at radius 3 is 2.52 bits per heavy atom. The number of hydrogen-bond donors (Lipinski definition) is 1. The first-order chi connectivity index (χ1) is 15.0. The number of nitrogens with zero attached hydrogens (tertiary/aromatic N) is 4. The predicted octanol–water partition coefficient (Wildman–Crippen LogP) is 2.68. The summed E-state index contributed by atoms with van der Waals surface area (Å²) in [7, 11) is 3.81. The van der Waals surface area contributed by atoms with Crippen molar-refractivity contribution in [2.45, 2.75) is 26.7 Å². The molecular weight excluding hydrogens is 394 g/mol. The van der Waals surface area contributed by atoms with Gasteiger partial charge < -0.3 is 14.6 Å². The third-order valence-corrected chi connectivity index (χ3v) is 5.19. The van der Waals surface area contributed by atoms with Crippen LogP contribution >= 0.6 is 0 Å². The summed E-state index contributed by atoms with van der Waals surface area (Å²) < 4.78 is 8.76. The van der Waals surface area contributed by atoms with Gasteiger partial charge in [-0.2, -0.15) is 4.68 Å². The summed E-state index contributed by atoms with van der Waals surface area (Å²) in [4.78, 5) is 29.9. The number of ether oxygens (including phenoxy) is 1. The average Bonchev–Trinajstić information content (AvgIpc) is 3.09. The van der Waals surface area contributed by atoms with Crippen LogP contribution in [0.4, 0.5) is 5.69 Å². The molecule has 0 atom stereocenters. The Morgan fingerprint density at radius 2 is 1.81 bits per heavy atom. The van der Waals surface area contributed by atoms with Crippen molar-refractivity contribution < 1.29 is 4.74 Å². The van der Waals surface area contributed by atoms with Crippen molar-refractivity contribution >= 4 is 16.5 Å². The molecule has 2 aromatic carbocycles. The SMILES string of the molecule is CCn1c(COCc2ccccc2)nn(-c2ccc3c(=O)[nH]cc(N(C)C)c3c2)c1=O. The molecule has 0 saturated carbocycles. The zero-order chi connectivity index (χ0) is 22.0. The summed E-state index contributed by atoms with van der Waals surface area (Å²) in [6.45, 7) is 3.05. The van der Waals surface area contributed by atoms with Crippen molar-refractivity contribution in [3.05, 3.63) is 87.0 Å². The van der Waals surface area contributed by atoms with Crippen LogP contribution in [-0.4, -0.2) is 33.4 Å². The highest BCUT2D eigenvalue weighted by atomic mass is 16.5. The molecule has 160 valence electrons. The van der Waals surface area contributed by atoms with Gasteiger partial charge in [-0.05, 0) is 30.7 Å². The molecule has 2 heterocycles. The van der Waals surface area contributed by atoms with E-state index in [-0.39, 0.29) is 17.9 Å². The maximum absolute atomic E-state index is 13.0. The highest BCUT2D eigenvalue weighted by Crippen LogP contribution is 2.24. The van der Waals surface area contributed by atoms with Gasteiger partial charge in [-0.3, -0.25) is 9.36 Å². The number of aromatic nitrogens is 4. The lowest BCUT2D eigenvalue weighted by Crippen LogP contribution is -2.24. The van der Waals surface area contributed by atoms with Crippen molar-refractivity contribution in [3.8, 4) is 5.69 Å². The van der Waals surface area contributed by atoms with Crippen LogP contribution in [0.25, 0.3) is 16.5 Å². The minimum Gasteiger partial charge on any atom is -0.376 e.